The van der Waals surface area contributed by atoms with Crippen molar-refractivity contribution >= 4 is 73.5 Å². The minimum absolute atomic E-state index is 0.0146. The number of carboxylic acids is 4. The van der Waals surface area contributed by atoms with Gasteiger partial charge in [0.2, 0.25) is 33.7 Å². The Morgan fingerprint density at radius 1 is 0.667 bits per heavy atom. The molecule has 2 aliphatic heterocycles. The van der Waals surface area contributed by atoms with Crippen molar-refractivity contribution in [1.29, 1.82) is 0 Å². The van der Waals surface area contributed by atoms with Crippen LogP contribution in [-0.4, -0.2) is 243 Å². The van der Waals surface area contributed by atoms with Crippen LogP contribution in [0.5, 0.6) is 5.75 Å². The number of aromatic nitrogens is 1. The molecule has 2 aromatic rings. The van der Waals surface area contributed by atoms with E-state index in [1.54, 1.807) is 9.80 Å². The predicted molar refractivity (Wildman–Crippen MR) is 292 cm³/mol. The van der Waals surface area contributed by atoms with Crippen LogP contribution in [0.25, 0.3) is 0 Å². The van der Waals surface area contributed by atoms with Gasteiger partial charge in [-0.05, 0) is 87.3 Å². The van der Waals surface area contributed by atoms with Crippen LogP contribution >= 0.6 is 0 Å². The number of aliphatic carboxylic acids is 4. The average Bonchev–Trinajstić information content (AvgIpc) is 3.46. The number of aryl methyl sites for hydroxylation is 4. The number of fused-ring (bicyclic) bond motifs is 1. The van der Waals surface area contributed by atoms with Crippen molar-refractivity contribution in [1.82, 2.24) is 50.6 Å². The molecule has 2 aliphatic rings. The van der Waals surface area contributed by atoms with Crippen molar-refractivity contribution in [3.05, 3.63) is 46.6 Å². The fourth-order valence-corrected chi connectivity index (χ4v) is 11.4. The van der Waals surface area contributed by atoms with Crippen molar-refractivity contribution in [2.24, 2.45) is 0 Å². The van der Waals surface area contributed by atoms with Crippen LogP contribution in [0.3, 0.4) is 0 Å². The predicted octanol–water partition coefficient (Wildman–Crippen LogP) is -2.05. The third-order valence-corrected chi connectivity index (χ3v) is 15.6. The molecule has 31 heteroatoms. The number of ether oxygens (including phenoxy) is 1. The Morgan fingerprint density at radius 2 is 1.20 bits per heavy atom. The van der Waals surface area contributed by atoms with Crippen molar-refractivity contribution in [2.45, 2.75) is 88.6 Å². The molecule has 0 aliphatic carbocycles. The van der Waals surface area contributed by atoms with E-state index in [0.717, 1.165) is 50.2 Å². The van der Waals surface area contributed by atoms with Gasteiger partial charge in [-0.2, -0.15) is 13.1 Å². The number of carboxylic acid groups (broad SMARTS) is 4. The van der Waals surface area contributed by atoms with Gasteiger partial charge in [-0.25, -0.2) is 13.4 Å². The lowest BCUT2D eigenvalue weighted by atomic mass is 10.1. The summed E-state index contributed by atoms with van der Waals surface area (Å²) in [6, 6.07) is 3.52. The number of benzene rings is 1. The number of carbonyl (C=O) groups is 8. The molecule has 11 N–H and O–H groups in total. The van der Waals surface area contributed by atoms with Gasteiger partial charge in [-0.15, -0.1) is 0 Å². The maximum absolute atomic E-state index is 13.5. The summed E-state index contributed by atoms with van der Waals surface area (Å²) in [4.78, 5) is 109. The highest BCUT2D eigenvalue weighted by atomic mass is 32.2. The van der Waals surface area contributed by atoms with Gasteiger partial charge in [-0.3, -0.25) is 62.5 Å². The molecule has 3 heterocycles. The molecule has 452 valence electrons. The highest BCUT2D eigenvalue weighted by molar-refractivity contribution is 7.89. The zero-order valence-corrected chi connectivity index (χ0v) is 47.3. The maximum atomic E-state index is 13.5. The average molecular weight is 1180 g/mol. The first kappa shape index (κ1) is 66.9. The van der Waals surface area contributed by atoms with Crippen LogP contribution < -0.4 is 36.0 Å². The number of anilines is 1. The SMILES string of the molecule is Cc1cc(OCCCC(=O)NCCNC(=O)C(CS(=O)(=O)O)NC(=O)CN2CCN(CC(=O)O)CCN(CC(=O)O)CCN(CC(=O)O)CC2)cc(C)c1S(=O)(=O)N[C@H](CNC(=O)CCCCCc1ccc2c(n1)NCCC2)C(=O)O. The molecule has 0 bridgehead atoms. The number of sulfonamides is 1. The Kier molecular flexibility index (Phi) is 27.5. The molecule has 4 rings (SSSR count). The zero-order chi connectivity index (χ0) is 59.7. The number of carbonyl (C=O) groups excluding carboxylic acids is 4. The Labute approximate surface area is 470 Å². The number of amides is 4. The highest BCUT2D eigenvalue weighted by Crippen LogP contribution is 2.26. The smallest absolute Gasteiger partial charge is 0.323 e. The number of unbranched alkanes of at least 4 members (excludes halogenated alkanes) is 2. The Hall–Kier alpha value is -6.61. The monoisotopic (exact) mass is 1180 g/mol. The summed E-state index contributed by atoms with van der Waals surface area (Å²) in [5, 5.41) is 51.3. The van der Waals surface area contributed by atoms with Gasteiger partial charge in [0.05, 0.1) is 37.7 Å². The third kappa shape index (κ3) is 25.8. The number of hydrogen-bond acceptors (Lipinski definition) is 19. The first-order valence-electron chi connectivity index (χ1n) is 26.6. The topological polar surface area (TPSA) is 413 Å². The van der Waals surface area contributed by atoms with E-state index < -0.39 is 112 Å². The minimum atomic E-state index is -4.84. The summed E-state index contributed by atoms with van der Waals surface area (Å²) < 4.78 is 68.4. The Morgan fingerprint density at radius 3 is 1.74 bits per heavy atom. The van der Waals surface area contributed by atoms with E-state index >= 15 is 0 Å². The van der Waals surface area contributed by atoms with Crippen LogP contribution in [0.15, 0.2) is 29.2 Å². The molecule has 1 aromatic heterocycles. The molecular weight excluding hydrogens is 1110 g/mol. The summed E-state index contributed by atoms with van der Waals surface area (Å²) in [7, 11) is -9.25. The molecule has 0 radical (unpaired) electrons. The molecule has 0 spiro atoms. The van der Waals surface area contributed by atoms with Crippen LogP contribution in [0, 0.1) is 13.8 Å². The summed E-state index contributed by atoms with van der Waals surface area (Å²) >= 11 is 0. The van der Waals surface area contributed by atoms with Gasteiger partial charge in [0.1, 0.15) is 29.4 Å². The van der Waals surface area contributed by atoms with Gasteiger partial charge >= 0.3 is 23.9 Å². The van der Waals surface area contributed by atoms with Crippen molar-refractivity contribution in [2.75, 3.05) is 122 Å². The lowest BCUT2D eigenvalue weighted by Crippen LogP contribution is -2.54. The first-order valence-corrected chi connectivity index (χ1v) is 29.7. The second-order valence-corrected chi connectivity index (χ2v) is 23.0. The summed E-state index contributed by atoms with van der Waals surface area (Å²) in [5.41, 5.74) is 2.64. The largest absolute Gasteiger partial charge is 0.494 e. The van der Waals surface area contributed by atoms with Crippen LogP contribution in [0.1, 0.15) is 67.3 Å². The molecule has 2 atom stereocenters. The molecule has 1 saturated heterocycles. The van der Waals surface area contributed by atoms with Gasteiger partial charge in [0, 0.05) is 97.1 Å². The summed E-state index contributed by atoms with van der Waals surface area (Å²) in [5.74, 6) is -7.69. The molecule has 4 amide bonds. The number of rotatable bonds is 32. The van der Waals surface area contributed by atoms with E-state index in [9.17, 15) is 80.2 Å². The van der Waals surface area contributed by atoms with Gasteiger partial charge in [0.15, 0.2) is 0 Å². The molecule has 29 nitrogen and oxygen atoms in total. The highest BCUT2D eigenvalue weighted by Gasteiger charge is 2.30. The third-order valence-electron chi connectivity index (χ3n) is 13.1. The minimum Gasteiger partial charge on any atom is -0.494 e. The molecule has 81 heavy (non-hydrogen) atoms. The van der Waals surface area contributed by atoms with Crippen LogP contribution in [0.2, 0.25) is 0 Å². The zero-order valence-electron chi connectivity index (χ0n) is 45.7. The maximum Gasteiger partial charge on any atom is 0.323 e. The van der Waals surface area contributed by atoms with E-state index in [0.29, 0.717) is 6.42 Å². The van der Waals surface area contributed by atoms with Crippen molar-refractivity contribution in [3.63, 3.8) is 0 Å². The van der Waals surface area contributed by atoms with E-state index in [-0.39, 0.29) is 120 Å². The van der Waals surface area contributed by atoms with E-state index in [1.165, 1.54) is 41.3 Å². The van der Waals surface area contributed by atoms with E-state index in [2.05, 4.69) is 42.4 Å². The number of nitrogens with zero attached hydrogens (tertiary/aromatic N) is 5. The summed E-state index contributed by atoms with van der Waals surface area (Å²) in [6.07, 6.45) is 5.18. The molecule has 0 saturated carbocycles. The summed E-state index contributed by atoms with van der Waals surface area (Å²) in [6.45, 7) is 2.21. The van der Waals surface area contributed by atoms with Crippen LogP contribution in [0.4, 0.5) is 5.82 Å². The van der Waals surface area contributed by atoms with Gasteiger partial charge in [-0.1, -0.05) is 12.5 Å². The molecule has 1 aromatic carbocycles. The number of nitrogens with one attached hydrogen (secondary N) is 6. The first-order chi connectivity index (χ1) is 38.3. The van der Waals surface area contributed by atoms with Crippen molar-refractivity contribution in [3.8, 4) is 5.75 Å². The molecular formula is C50H77N11O18S2. The Balaban J connectivity index is 1.19. The lowest BCUT2D eigenvalue weighted by Gasteiger charge is -2.33. The second-order valence-electron chi connectivity index (χ2n) is 19.9. The Bertz CT molecular complexity index is 2680. The second kappa shape index (κ2) is 33.3. The molecule has 1 unspecified atom stereocenters. The van der Waals surface area contributed by atoms with E-state index in [1.807, 2.05) is 6.07 Å². The quantitative estimate of drug-likeness (QED) is 0.0277. The van der Waals surface area contributed by atoms with E-state index in [4.69, 9.17) is 4.74 Å². The fraction of sp³-hybridized carbons (Fsp3) is 0.620. The number of pyridine rings is 1. The number of hydrogen-bond donors (Lipinski definition) is 11. The van der Waals surface area contributed by atoms with Crippen LogP contribution in [-0.2, 0) is 71.3 Å². The van der Waals surface area contributed by atoms with Gasteiger partial charge in [0.25, 0.3) is 10.1 Å². The molecule has 1 fully saturated rings. The standard InChI is InChI=1S/C50H77N11O18S2/c1-34-26-38(27-35(2)47(34)81(77,78)57-39(50(72)73)28-54-42(63)10-5-3-4-9-37-13-12-36-8-6-14-52-48(36)55-37)79-25-7-11-41(62)51-15-16-53-49(71)40(33-80(74,75)76)56-43(64)29-58-17-19-59(30-44(65)66)21-23-61(32-46(69)70)24-22-60(20-18-58)31-45(67)68/h12-13,26-27,39-40,57H,3-11,14-25,28-33H2,1-2H3,(H,51,62)(H,52,55)(H,53,71)(H,54,63)(H,56,64)(H,65,66)(H,67,68)(H,69,70)(H,72,73)(H,74,75,76)/t39-,40?/m1/s1. The normalized spacial score (nSPS) is 16.0. The fourth-order valence-electron chi connectivity index (χ4n) is 9.07. The van der Waals surface area contributed by atoms with Gasteiger partial charge < -0.3 is 51.7 Å². The lowest BCUT2D eigenvalue weighted by molar-refractivity contribution is -0.140. The van der Waals surface area contributed by atoms with Crippen molar-refractivity contribution < 1.29 is 84.9 Å².